The minimum absolute atomic E-state index is 0.123. The molecule has 3 heterocycles. The smallest absolute Gasteiger partial charge is 0.349 e. The summed E-state index contributed by atoms with van der Waals surface area (Å²) in [6, 6.07) is 9.65. The maximum atomic E-state index is 12.2. The lowest BCUT2D eigenvalue weighted by atomic mass is 10.1. The minimum atomic E-state index is -1.89. The number of aromatic nitrogens is 2. The summed E-state index contributed by atoms with van der Waals surface area (Å²) in [5.41, 5.74) is 4.10. The number of halogens is 2. The number of hydrogen-bond donors (Lipinski definition) is 1. The van der Waals surface area contributed by atoms with Gasteiger partial charge in [-0.1, -0.05) is 44.5 Å². The molecule has 202 valence electrons. The monoisotopic (exact) mass is 634 g/mol. The van der Waals surface area contributed by atoms with Crippen LogP contribution in [0.2, 0.25) is 23.2 Å². The third kappa shape index (κ3) is 5.72. The Morgan fingerprint density at radius 1 is 1.26 bits per heavy atom. The Labute approximate surface area is 241 Å². The molecule has 1 atom stereocenters. The number of benzene rings is 1. The van der Waals surface area contributed by atoms with Gasteiger partial charge >= 0.3 is 5.97 Å². The number of imidazole rings is 1. The molecule has 0 saturated heterocycles. The van der Waals surface area contributed by atoms with Crippen LogP contribution in [0.5, 0.6) is 5.75 Å². The van der Waals surface area contributed by atoms with Gasteiger partial charge in [0.05, 0.1) is 23.4 Å². The normalized spacial score (nSPS) is 13.2. The lowest BCUT2D eigenvalue weighted by Gasteiger charge is -2.36. The number of aromatic carboxylic acids is 1. The Kier molecular flexibility index (Phi) is 8.17. The Morgan fingerprint density at radius 3 is 2.61 bits per heavy atom. The van der Waals surface area contributed by atoms with Crippen LogP contribution in [0.3, 0.4) is 0 Å². The third-order valence-corrected chi connectivity index (χ3v) is 13.7. The fraction of sp³-hybridized carbons (Fsp3) is 0.357. The molecule has 0 aliphatic heterocycles. The van der Waals surface area contributed by atoms with Crippen LogP contribution >= 0.6 is 38.9 Å². The van der Waals surface area contributed by atoms with Crippen molar-refractivity contribution >= 4 is 58.8 Å². The van der Waals surface area contributed by atoms with E-state index < -0.39 is 20.4 Å². The fourth-order valence-corrected chi connectivity index (χ4v) is 6.60. The SMILES string of the molecule is Cc1c(-c2cnc3ccc(Br)cn23)sc(C(=O)O)c1O[C@H](C)c1ccc(CO[Si](C)(C)C(C)(C)C)cc1Cl. The van der Waals surface area contributed by atoms with Gasteiger partial charge in [0, 0.05) is 26.8 Å². The van der Waals surface area contributed by atoms with E-state index in [-0.39, 0.29) is 9.92 Å². The highest BCUT2D eigenvalue weighted by Crippen LogP contribution is 2.44. The van der Waals surface area contributed by atoms with Crippen molar-refractivity contribution in [1.82, 2.24) is 9.38 Å². The van der Waals surface area contributed by atoms with E-state index in [0.717, 1.165) is 37.4 Å². The molecule has 1 N–H and O–H groups in total. The van der Waals surface area contributed by atoms with Gasteiger partial charge in [0.25, 0.3) is 0 Å². The van der Waals surface area contributed by atoms with Crippen LogP contribution in [0.25, 0.3) is 16.2 Å². The second kappa shape index (κ2) is 10.8. The molecule has 10 heteroatoms. The van der Waals surface area contributed by atoms with Gasteiger partial charge < -0.3 is 14.3 Å². The topological polar surface area (TPSA) is 73.1 Å². The lowest BCUT2D eigenvalue weighted by molar-refractivity contribution is 0.0695. The van der Waals surface area contributed by atoms with Crippen molar-refractivity contribution < 1.29 is 19.1 Å². The van der Waals surface area contributed by atoms with Gasteiger partial charge in [-0.15, -0.1) is 11.3 Å². The van der Waals surface area contributed by atoms with Crippen LogP contribution in [0.4, 0.5) is 0 Å². The summed E-state index contributed by atoms with van der Waals surface area (Å²) >= 11 is 11.4. The molecule has 0 aliphatic rings. The molecule has 4 rings (SSSR count). The summed E-state index contributed by atoms with van der Waals surface area (Å²) in [4.78, 5) is 17.6. The zero-order valence-corrected chi connectivity index (χ0v) is 26.7. The zero-order chi connectivity index (χ0) is 28.0. The van der Waals surface area contributed by atoms with E-state index in [1.165, 1.54) is 11.3 Å². The third-order valence-electron chi connectivity index (χ3n) is 7.19. The van der Waals surface area contributed by atoms with Crippen molar-refractivity contribution in [2.45, 2.75) is 65.5 Å². The highest BCUT2D eigenvalue weighted by atomic mass is 79.9. The zero-order valence-electron chi connectivity index (χ0n) is 22.6. The number of carbonyl (C=O) groups is 1. The quantitative estimate of drug-likeness (QED) is 0.196. The van der Waals surface area contributed by atoms with Crippen molar-refractivity contribution in [2.75, 3.05) is 0 Å². The van der Waals surface area contributed by atoms with Crippen LogP contribution in [0, 0.1) is 6.92 Å². The highest BCUT2D eigenvalue weighted by molar-refractivity contribution is 9.10. The predicted octanol–water partition coefficient (Wildman–Crippen LogP) is 9.15. The molecule has 4 aromatic rings. The van der Waals surface area contributed by atoms with Crippen molar-refractivity contribution in [3.63, 3.8) is 0 Å². The highest BCUT2D eigenvalue weighted by Gasteiger charge is 2.37. The Hall–Kier alpha value is -2.17. The van der Waals surface area contributed by atoms with Gasteiger partial charge in [-0.2, -0.15) is 0 Å². The number of fused-ring (bicyclic) bond motifs is 1. The summed E-state index contributed by atoms with van der Waals surface area (Å²) < 4.78 is 15.5. The first-order valence-corrected chi connectivity index (χ1v) is 17.2. The number of ether oxygens (including phenoxy) is 1. The van der Waals surface area contributed by atoms with Crippen LogP contribution < -0.4 is 4.74 Å². The number of rotatable bonds is 8. The Balaban J connectivity index is 1.61. The number of nitrogens with zero attached hydrogens (tertiary/aromatic N) is 2. The molecular formula is C28H32BrClN2O4SSi. The molecule has 0 spiro atoms. The Morgan fingerprint density at radius 2 is 1.97 bits per heavy atom. The summed E-state index contributed by atoms with van der Waals surface area (Å²) in [7, 11) is -1.89. The second-order valence-corrected chi connectivity index (χ2v) is 18.1. The summed E-state index contributed by atoms with van der Waals surface area (Å²) in [5, 5.41) is 10.7. The molecule has 0 radical (unpaired) electrons. The summed E-state index contributed by atoms with van der Waals surface area (Å²) in [6.45, 7) is 15.3. The molecule has 0 fully saturated rings. The maximum Gasteiger partial charge on any atom is 0.349 e. The predicted molar refractivity (Wildman–Crippen MR) is 160 cm³/mol. The van der Waals surface area contributed by atoms with E-state index in [1.54, 1.807) is 6.20 Å². The molecule has 1 aromatic carbocycles. The second-order valence-electron chi connectivity index (χ2n) is 10.9. The lowest BCUT2D eigenvalue weighted by Crippen LogP contribution is -2.40. The summed E-state index contributed by atoms with van der Waals surface area (Å²) in [5.74, 6) is -0.692. The molecule has 0 amide bonds. The Bertz CT molecular complexity index is 1510. The number of thiophene rings is 1. The molecule has 0 unspecified atom stereocenters. The van der Waals surface area contributed by atoms with Crippen LogP contribution in [0.1, 0.15) is 60.2 Å². The molecule has 0 aliphatic carbocycles. The van der Waals surface area contributed by atoms with E-state index in [9.17, 15) is 9.90 Å². The van der Waals surface area contributed by atoms with Crippen LogP contribution in [-0.4, -0.2) is 28.8 Å². The number of hydrogen-bond acceptors (Lipinski definition) is 5. The van der Waals surface area contributed by atoms with E-state index in [0.29, 0.717) is 17.4 Å². The van der Waals surface area contributed by atoms with E-state index in [2.05, 4.69) is 54.8 Å². The minimum Gasteiger partial charge on any atom is -0.484 e. The first-order chi connectivity index (χ1) is 17.7. The number of pyridine rings is 1. The molecular weight excluding hydrogens is 604 g/mol. The molecule has 0 bridgehead atoms. The molecule has 3 aromatic heterocycles. The van der Waals surface area contributed by atoms with Crippen LogP contribution in [0.15, 0.2) is 47.2 Å². The number of carboxylic acid groups (broad SMARTS) is 1. The first-order valence-electron chi connectivity index (χ1n) is 12.3. The molecule has 38 heavy (non-hydrogen) atoms. The first kappa shape index (κ1) is 28.8. The van der Waals surface area contributed by atoms with Crippen molar-refractivity contribution in [3.05, 3.63) is 73.8 Å². The van der Waals surface area contributed by atoms with Crippen LogP contribution in [-0.2, 0) is 11.0 Å². The maximum absolute atomic E-state index is 12.2. The number of carboxylic acids is 1. The van der Waals surface area contributed by atoms with Gasteiger partial charge in [0.2, 0.25) is 0 Å². The standard InChI is InChI=1S/C28H32BrClN2O4SSi/c1-16-24(26(27(33)34)37-25(16)22-13-31-23-11-9-19(29)14-32(22)23)36-17(2)20-10-8-18(12-21(20)30)15-35-38(6,7)28(3,4)5/h8-14,17H,15H2,1-7H3,(H,33,34)/t17-/m1/s1. The largest absolute Gasteiger partial charge is 0.484 e. The molecule has 6 nitrogen and oxygen atoms in total. The summed E-state index contributed by atoms with van der Waals surface area (Å²) in [6.07, 6.45) is 3.20. The van der Waals surface area contributed by atoms with Gasteiger partial charge in [0.1, 0.15) is 17.5 Å². The van der Waals surface area contributed by atoms with Gasteiger partial charge in [-0.25, -0.2) is 9.78 Å². The fourth-order valence-electron chi connectivity index (χ4n) is 3.86. The van der Waals surface area contributed by atoms with E-state index >= 15 is 0 Å². The van der Waals surface area contributed by atoms with Crippen molar-refractivity contribution in [3.8, 4) is 16.3 Å². The van der Waals surface area contributed by atoms with Gasteiger partial charge in [-0.3, -0.25) is 4.40 Å². The van der Waals surface area contributed by atoms with Gasteiger partial charge in [0.15, 0.2) is 13.2 Å². The average Bonchev–Trinajstić information content (AvgIpc) is 3.37. The molecule has 0 saturated carbocycles. The van der Waals surface area contributed by atoms with E-state index in [1.807, 2.05) is 54.8 Å². The van der Waals surface area contributed by atoms with Crippen molar-refractivity contribution in [2.24, 2.45) is 0 Å². The van der Waals surface area contributed by atoms with Gasteiger partial charge in [-0.05, 0) is 71.7 Å². The van der Waals surface area contributed by atoms with Crippen molar-refractivity contribution in [1.29, 1.82) is 0 Å². The average molecular weight is 636 g/mol. The van der Waals surface area contributed by atoms with E-state index in [4.69, 9.17) is 20.8 Å².